The second-order valence-electron chi connectivity index (χ2n) is 2.18. The molecule has 3 heteroatoms. The Hall–Kier alpha value is -0.680. The Balaban J connectivity index is 3.22. The van der Waals surface area contributed by atoms with Gasteiger partial charge >= 0.3 is 0 Å². The van der Waals surface area contributed by atoms with Gasteiger partial charge in [-0.1, -0.05) is 19.8 Å². The summed E-state index contributed by atoms with van der Waals surface area (Å²) in [6.45, 7) is 2.80. The van der Waals surface area contributed by atoms with Crippen LogP contribution in [0.3, 0.4) is 0 Å². The second kappa shape index (κ2) is 7.43. The van der Waals surface area contributed by atoms with Gasteiger partial charge in [0.25, 0.3) is 5.91 Å². The normalized spacial score (nSPS) is 8.18. The van der Waals surface area contributed by atoms with Crippen LogP contribution in [0.5, 0.6) is 0 Å². The summed E-state index contributed by atoms with van der Waals surface area (Å²) < 4.78 is 0. The Bertz CT molecular complexity index is 169. The van der Waals surface area contributed by atoms with Crippen LogP contribution in [-0.4, -0.2) is 12.5 Å². The maximum Gasteiger partial charge on any atom is 0.297 e. The Morgan fingerprint density at radius 2 is 2.27 bits per heavy atom. The summed E-state index contributed by atoms with van der Waals surface area (Å²) in [4.78, 5) is 10.6. The maximum atomic E-state index is 10.6. The van der Waals surface area contributed by atoms with Gasteiger partial charge in [0.05, 0.1) is 0 Å². The molecule has 0 rings (SSSR count). The molecule has 0 radical (unpaired) electrons. The van der Waals surface area contributed by atoms with E-state index in [1.807, 2.05) is 5.38 Å². The molecule has 0 saturated carbocycles. The summed E-state index contributed by atoms with van der Waals surface area (Å²) in [5.41, 5.74) is 0. The molecule has 0 heterocycles. The Morgan fingerprint density at radius 1 is 1.55 bits per heavy atom. The highest BCUT2D eigenvalue weighted by Crippen LogP contribution is 1.90. The Morgan fingerprint density at radius 3 is 2.82 bits per heavy atom. The van der Waals surface area contributed by atoms with Crippen LogP contribution < -0.4 is 5.32 Å². The average Bonchev–Trinajstić information content (AvgIpc) is 1.99. The third-order valence-electron chi connectivity index (χ3n) is 1.23. The molecule has 0 aromatic rings. The lowest BCUT2D eigenvalue weighted by Gasteiger charge is -1.97. The van der Waals surface area contributed by atoms with Crippen molar-refractivity contribution in [2.45, 2.75) is 26.2 Å². The van der Waals surface area contributed by atoms with E-state index in [0.29, 0.717) is 6.54 Å². The van der Waals surface area contributed by atoms with E-state index in [-0.39, 0.29) is 5.91 Å². The molecule has 62 valence electrons. The molecule has 0 aromatic carbocycles. The molecule has 11 heavy (non-hydrogen) atoms. The largest absolute Gasteiger partial charge is 0.345 e. The summed E-state index contributed by atoms with van der Waals surface area (Å²) in [6.07, 6.45) is 3.29. The standard InChI is InChI=1S/C8H12ClNO/c1-2-3-4-7-10-8(11)5-6-9/h2-4,7H2,1H3,(H,10,11). The van der Waals surface area contributed by atoms with Gasteiger partial charge in [0.15, 0.2) is 0 Å². The highest BCUT2D eigenvalue weighted by molar-refractivity contribution is 6.31. The first kappa shape index (κ1) is 10.3. The van der Waals surface area contributed by atoms with Gasteiger partial charge in [0.2, 0.25) is 0 Å². The van der Waals surface area contributed by atoms with Crippen LogP contribution in [-0.2, 0) is 4.79 Å². The molecule has 0 atom stereocenters. The quantitative estimate of drug-likeness (QED) is 0.507. The number of halogens is 1. The van der Waals surface area contributed by atoms with E-state index >= 15 is 0 Å². The van der Waals surface area contributed by atoms with E-state index in [9.17, 15) is 4.79 Å². The van der Waals surface area contributed by atoms with Crippen molar-refractivity contribution in [2.24, 2.45) is 0 Å². The van der Waals surface area contributed by atoms with Crippen molar-refractivity contribution >= 4 is 17.5 Å². The van der Waals surface area contributed by atoms with E-state index in [4.69, 9.17) is 11.6 Å². The summed E-state index contributed by atoms with van der Waals surface area (Å²) >= 11 is 5.01. The number of amides is 1. The molecule has 0 spiro atoms. The van der Waals surface area contributed by atoms with Crippen molar-refractivity contribution in [1.29, 1.82) is 0 Å². The molecule has 0 bridgehead atoms. The van der Waals surface area contributed by atoms with Crippen molar-refractivity contribution < 1.29 is 4.79 Å². The first-order valence-corrected chi connectivity index (χ1v) is 4.08. The number of hydrogen-bond acceptors (Lipinski definition) is 1. The molecule has 0 aliphatic carbocycles. The minimum Gasteiger partial charge on any atom is -0.345 e. The number of unbranched alkanes of at least 4 members (excludes halogenated alkanes) is 2. The number of hydrogen-bond donors (Lipinski definition) is 1. The molecule has 2 nitrogen and oxygen atoms in total. The first-order chi connectivity index (χ1) is 5.31. The minimum atomic E-state index is -0.295. The summed E-state index contributed by atoms with van der Waals surface area (Å²) in [7, 11) is 0. The van der Waals surface area contributed by atoms with Crippen LogP contribution in [0.1, 0.15) is 26.2 Å². The summed E-state index contributed by atoms with van der Waals surface area (Å²) in [6, 6.07) is 0. The molecular formula is C8H12ClNO. The van der Waals surface area contributed by atoms with Crippen LogP contribution in [0.15, 0.2) is 0 Å². The zero-order valence-electron chi connectivity index (χ0n) is 6.61. The van der Waals surface area contributed by atoms with Crippen LogP contribution in [0.25, 0.3) is 0 Å². The van der Waals surface area contributed by atoms with Crippen molar-refractivity contribution in [3.8, 4) is 11.3 Å². The van der Waals surface area contributed by atoms with Gasteiger partial charge in [-0.15, -0.1) is 0 Å². The van der Waals surface area contributed by atoms with Gasteiger partial charge in [0, 0.05) is 17.8 Å². The highest BCUT2D eigenvalue weighted by Gasteiger charge is 1.92. The first-order valence-electron chi connectivity index (χ1n) is 3.70. The van der Waals surface area contributed by atoms with E-state index in [1.165, 1.54) is 0 Å². The minimum absolute atomic E-state index is 0.295. The molecule has 1 N–H and O–H groups in total. The molecule has 0 unspecified atom stereocenters. The van der Waals surface area contributed by atoms with Crippen molar-refractivity contribution in [3.05, 3.63) is 0 Å². The summed E-state index contributed by atoms with van der Waals surface area (Å²) in [5.74, 6) is 1.89. The van der Waals surface area contributed by atoms with Crippen LogP contribution in [0.4, 0.5) is 0 Å². The fraction of sp³-hybridized carbons (Fsp3) is 0.625. The van der Waals surface area contributed by atoms with E-state index in [2.05, 4.69) is 18.2 Å². The van der Waals surface area contributed by atoms with Crippen molar-refractivity contribution in [2.75, 3.05) is 6.54 Å². The van der Waals surface area contributed by atoms with Crippen molar-refractivity contribution in [1.82, 2.24) is 5.32 Å². The Labute approximate surface area is 72.3 Å². The van der Waals surface area contributed by atoms with E-state index in [0.717, 1.165) is 19.3 Å². The van der Waals surface area contributed by atoms with Gasteiger partial charge in [-0.05, 0) is 18.0 Å². The molecule has 0 aromatic heterocycles. The van der Waals surface area contributed by atoms with Crippen LogP contribution in [0.2, 0.25) is 0 Å². The number of nitrogens with one attached hydrogen (secondary N) is 1. The van der Waals surface area contributed by atoms with Gasteiger partial charge in [-0.2, -0.15) is 0 Å². The lowest BCUT2D eigenvalue weighted by atomic mass is 10.2. The van der Waals surface area contributed by atoms with E-state index in [1.54, 1.807) is 0 Å². The van der Waals surface area contributed by atoms with Crippen LogP contribution in [0, 0.1) is 11.3 Å². The van der Waals surface area contributed by atoms with Gasteiger partial charge in [-0.3, -0.25) is 4.79 Å². The summed E-state index contributed by atoms with van der Waals surface area (Å²) in [5, 5.41) is 4.64. The zero-order valence-corrected chi connectivity index (χ0v) is 7.37. The third-order valence-corrected chi connectivity index (χ3v) is 1.32. The third kappa shape index (κ3) is 7.21. The second-order valence-corrected chi connectivity index (χ2v) is 2.37. The van der Waals surface area contributed by atoms with Gasteiger partial charge in [-0.25, -0.2) is 0 Å². The molecule has 0 aliphatic heterocycles. The SMILES string of the molecule is CCCCCNC(=O)C#CCl. The van der Waals surface area contributed by atoms with Gasteiger partial charge < -0.3 is 5.32 Å². The maximum absolute atomic E-state index is 10.6. The predicted octanol–water partition coefficient (Wildman–Crippen LogP) is 1.49. The van der Waals surface area contributed by atoms with Crippen LogP contribution >= 0.6 is 11.6 Å². The topological polar surface area (TPSA) is 29.1 Å². The smallest absolute Gasteiger partial charge is 0.297 e. The zero-order chi connectivity index (χ0) is 8.53. The fourth-order valence-corrected chi connectivity index (χ4v) is 0.750. The number of carbonyl (C=O) groups is 1. The lowest BCUT2D eigenvalue weighted by Crippen LogP contribution is -2.22. The number of carbonyl (C=O) groups excluding carboxylic acids is 1. The molecule has 0 saturated heterocycles. The molecule has 0 fully saturated rings. The lowest BCUT2D eigenvalue weighted by molar-refractivity contribution is -0.115. The van der Waals surface area contributed by atoms with Crippen molar-refractivity contribution in [3.63, 3.8) is 0 Å². The average molecular weight is 174 g/mol. The Kier molecular flexibility index (Phi) is 6.97. The predicted molar refractivity (Wildman–Crippen MR) is 46.2 cm³/mol. The monoisotopic (exact) mass is 173 g/mol. The molecule has 1 amide bonds. The highest BCUT2D eigenvalue weighted by atomic mass is 35.5. The molecular weight excluding hydrogens is 162 g/mol. The number of rotatable bonds is 4. The molecule has 0 aliphatic rings. The van der Waals surface area contributed by atoms with Gasteiger partial charge in [0.1, 0.15) is 0 Å². The van der Waals surface area contributed by atoms with E-state index < -0.39 is 0 Å². The fourth-order valence-electron chi connectivity index (χ4n) is 0.664.